The van der Waals surface area contributed by atoms with Crippen molar-refractivity contribution in [2.75, 3.05) is 20.8 Å². The summed E-state index contributed by atoms with van der Waals surface area (Å²) in [6, 6.07) is 12.3. The number of nitrogens with zero attached hydrogens (tertiary/aromatic N) is 1. The van der Waals surface area contributed by atoms with Crippen LogP contribution in [0.25, 0.3) is 0 Å². The summed E-state index contributed by atoms with van der Waals surface area (Å²) in [5.74, 6) is 0.637. The number of methoxy groups -OCH3 is 2. The van der Waals surface area contributed by atoms with E-state index >= 15 is 0 Å². The summed E-state index contributed by atoms with van der Waals surface area (Å²) in [5.41, 5.74) is 0.692. The average molecular weight is 403 g/mol. The SMILES string of the molecule is COc1ccc(OC)c([C@H](C)NC(=O)CNS(=O)(=O)c2ccccc2C#N)c1. The maximum absolute atomic E-state index is 12.4. The van der Waals surface area contributed by atoms with Gasteiger partial charge in [0.1, 0.15) is 17.6 Å². The van der Waals surface area contributed by atoms with E-state index in [1.165, 1.54) is 32.4 Å². The van der Waals surface area contributed by atoms with E-state index in [-0.39, 0.29) is 10.5 Å². The number of amides is 1. The second-order valence-corrected chi connectivity index (χ2v) is 7.56. The van der Waals surface area contributed by atoms with Gasteiger partial charge in [-0.15, -0.1) is 0 Å². The van der Waals surface area contributed by atoms with Gasteiger partial charge >= 0.3 is 0 Å². The van der Waals surface area contributed by atoms with E-state index in [1.54, 1.807) is 31.2 Å². The first-order chi connectivity index (χ1) is 13.3. The van der Waals surface area contributed by atoms with Crippen LogP contribution in [0.1, 0.15) is 24.1 Å². The summed E-state index contributed by atoms with van der Waals surface area (Å²) in [5, 5.41) is 11.8. The first-order valence-electron chi connectivity index (χ1n) is 8.32. The van der Waals surface area contributed by atoms with Crippen LogP contribution in [0.3, 0.4) is 0 Å². The van der Waals surface area contributed by atoms with Gasteiger partial charge in [0.05, 0.1) is 37.3 Å². The summed E-state index contributed by atoms with van der Waals surface area (Å²) in [4.78, 5) is 12.1. The number of carbonyl (C=O) groups excluding carboxylic acids is 1. The van der Waals surface area contributed by atoms with Gasteiger partial charge in [-0.2, -0.15) is 5.26 Å². The van der Waals surface area contributed by atoms with Crippen molar-refractivity contribution in [1.29, 1.82) is 5.26 Å². The van der Waals surface area contributed by atoms with Crippen LogP contribution in [0.5, 0.6) is 11.5 Å². The fourth-order valence-corrected chi connectivity index (χ4v) is 3.72. The molecule has 148 valence electrons. The van der Waals surface area contributed by atoms with E-state index in [2.05, 4.69) is 10.0 Å². The number of hydrogen-bond donors (Lipinski definition) is 2. The number of ether oxygens (including phenoxy) is 2. The maximum Gasteiger partial charge on any atom is 0.242 e. The number of rotatable bonds is 8. The fourth-order valence-electron chi connectivity index (χ4n) is 2.58. The van der Waals surface area contributed by atoms with Crippen molar-refractivity contribution in [3.05, 3.63) is 53.6 Å². The van der Waals surface area contributed by atoms with Crippen LogP contribution in [0.4, 0.5) is 0 Å². The van der Waals surface area contributed by atoms with Crippen molar-refractivity contribution >= 4 is 15.9 Å². The second kappa shape index (κ2) is 9.21. The molecule has 0 radical (unpaired) electrons. The van der Waals surface area contributed by atoms with Crippen LogP contribution in [0, 0.1) is 11.3 Å². The molecule has 0 aliphatic heterocycles. The Morgan fingerprint density at radius 3 is 2.54 bits per heavy atom. The Bertz CT molecular complexity index is 999. The van der Waals surface area contributed by atoms with Gasteiger partial charge in [-0.05, 0) is 37.3 Å². The smallest absolute Gasteiger partial charge is 0.242 e. The van der Waals surface area contributed by atoms with Crippen molar-refractivity contribution in [1.82, 2.24) is 10.0 Å². The van der Waals surface area contributed by atoms with Gasteiger partial charge in [-0.25, -0.2) is 13.1 Å². The molecule has 2 aromatic rings. The van der Waals surface area contributed by atoms with Crippen molar-refractivity contribution in [3.8, 4) is 17.6 Å². The molecule has 2 rings (SSSR count). The van der Waals surface area contributed by atoms with Crippen LogP contribution in [0.15, 0.2) is 47.4 Å². The molecular formula is C19H21N3O5S. The highest BCUT2D eigenvalue weighted by Gasteiger charge is 2.20. The Labute approximate surface area is 164 Å². The lowest BCUT2D eigenvalue weighted by atomic mass is 10.1. The predicted octanol–water partition coefficient (Wildman–Crippen LogP) is 1.73. The third-order valence-electron chi connectivity index (χ3n) is 4.00. The van der Waals surface area contributed by atoms with E-state index in [1.807, 2.05) is 6.07 Å². The Kier molecular flexibility index (Phi) is 6.98. The van der Waals surface area contributed by atoms with E-state index in [9.17, 15) is 13.2 Å². The second-order valence-electron chi connectivity index (χ2n) is 5.83. The molecule has 0 saturated carbocycles. The monoisotopic (exact) mass is 403 g/mol. The summed E-state index contributed by atoms with van der Waals surface area (Å²) in [7, 11) is -0.955. The van der Waals surface area contributed by atoms with Crippen molar-refractivity contribution < 1.29 is 22.7 Å². The highest BCUT2D eigenvalue weighted by atomic mass is 32.2. The molecule has 2 aromatic carbocycles. The summed E-state index contributed by atoms with van der Waals surface area (Å²) >= 11 is 0. The molecule has 0 aromatic heterocycles. The Morgan fingerprint density at radius 1 is 1.18 bits per heavy atom. The molecule has 28 heavy (non-hydrogen) atoms. The molecule has 9 heteroatoms. The number of hydrogen-bond acceptors (Lipinski definition) is 6. The van der Waals surface area contributed by atoms with Gasteiger partial charge < -0.3 is 14.8 Å². The van der Waals surface area contributed by atoms with Crippen LogP contribution >= 0.6 is 0 Å². The van der Waals surface area contributed by atoms with Crippen molar-refractivity contribution in [2.45, 2.75) is 17.9 Å². The molecule has 8 nitrogen and oxygen atoms in total. The topological polar surface area (TPSA) is 118 Å². The largest absolute Gasteiger partial charge is 0.497 e. The van der Waals surface area contributed by atoms with Crippen LogP contribution in [0.2, 0.25) is 0 Å². The van der Waals surface area contributed by atoms with Crippen molar-refractivity contribution in [3.63, 3.8) is 0 Å². The Hall–Kier alpha value is -3.09. The Morgan fingerprint density at radius 2 is 1.89 bits per heavy atom. The number of benzene rings is 2. The molecule has 0 aliphatic rings. The number of nitriles is 1. The molecule has 2 N–H and O–H groups in total. The highest BCUT2D eigenvalue weighted by molar-refractivity contribution is 7.89. The first kappa shape index (κ1) is 21.2. The number of nitrogens with one attached hydrogen (secondary N) is 2. The van der Waals surface area contributed by atoms with Crippen LogP contribution < -0.4 is 19.5 Å². The minimum Gasteiger partial charge on any atom is -0.497 e. The predicted molar refractivity (Wildman–Crippen MR) is 102 cm³/mol. The minimum absolute atomic E-state index is 0.00453. The van der Waals surface area contributed by atoms with Gasteiger partial charge in [-0.3, -0.25) is 4.79 Å². The van der Waals surface area contributed by atoms with Crippen LogP contribution in [-0.4, -0.2) is 35.1 Å². The van der Waals surface area contributed by atoms with Gasteiger partial charge in [0.25, 0.3) is 0 Å². The summed E-state index contributed by atoms with van der Waals surface area (Å²) in [6.07, 6.45) is 0. The molecule has 0 unspecified atom stereocenters. The van der Waals surface area contributed by atoms with Gasteiger partial charge in [-0.1, -0.05) is 12.1 Å². The van der Waals surface area contributed by atoms with E-state index in [0.29, 0.717) is 17.1 Å². The highest BCUT2D eigenvalue weighted by Crippen LogP contribution is 2.29. The molecule has 0 bridgehead atoms. The molecule has 0 aliphatic carbocycles. The number of sulfonamides is 1. The molecule has 1 amide bonds. The minimum atomic E-state index is -4.00. The quantitative estimate of drug-likeness (QED) is 0.693. The van der Waals surface area contributed by atoms with Crippen molar-refractivity contribution in [2.24, 2.45) is 0 Å². The zero-order chi connectivity index (χ0) is 20.7. The van der Waals surface area contributed by atoms with E-state index < -0.39 is 28.5 Å². The lowest BCUT2D eigenvalue weighted by molar-refractivity contribution is -0.120. The molecular weight excluding hydrogens is 382 g/mol. The fraction of sp³-hybridized carbons (Fsp3) is 0.263. The average Bonchev–Trinajstić information content (AvgIpc) is 2.71. The normalized spacial score (nSPS) is 11.9. The molecule has 0 heterocycles. The van der Waals surface area contributed by atoms with Crippen LogP contribution in [-0.2, 0) is 14.8 Å². The zero-order valence-electron chi connectivity index (χ0n) is 15.7. The Balaban J connectivity index is 2.07. The third kappa shape index (κ3) is 5.00. The number of carbonyl (C=O) groups is 1. The third-order valence-corrected chi connectivity index (χ3v) is 5.46. The molecule has 1 atom stereocenters. The molecule has 0 spiro atoms. The van der Waals surface area contributed by atoms with Gasteiger partial charge in [0.2, 0.25) is 15.9 Å². The summed E-state index contributed by atoms with van der Waals surface area (Å²) < 4.78 is 37.4. The van der Waals surface area contributed by atoms with Gasteiger partial charge in [0, 0.05) is 5.56 Å². The molecule has 0 fully saturated rings. The lowest BCUT2D eigenvalue weighted by Gasteiger charge is -2.18. The van der Waals surface area contributed by atoms with E-state index in [0.717, 1.165) is 0 Å². The maximum atomic E-state index is 12.4. The summed E-state index contributed by atoms with van der Waals surface area (Å²) in [6.45, 7) is 1.27. The van der Waals surface area contributed by atoms with E-state index in [4.69, 9.17) is 14.7 Å². The van der Waals surface area contributed by atoms with Gasteiger partial charge in [0.15, 0.2) is 0 Å². The first-order valence-corrected chi connectivity index (χ1v) is 9.80. The lowest BCUT2D eigenvalue weighted by Crippen LogP contribution is -2.38. The zero-order valence-corrected chi connectivity index (χ0v) is 16.5. The molecule has 0 saturated heterocycles. The standard InChI is InChI=1S/C19H21N3O5S/c1-13(16-10-15(26-2)8-9-17(16)27-3)22-19(23)12-21-28(24,25)18-7-5-4-6-14(18)11-20/h4-10,13,21H,12H2,1-3H3,(H,22,23)/t13-/m0/s1.